The van der Waals surface area contributed by atoms with Crippen LogP contribution in [0.3, 0.4) is 0 Å². The first kappa shape index (κ1) is 21.0. The van der Waals surface area contributed by atoms with E-state index in [9.17, 15) is 18.0 Å². The van der Waals surface area contributed by atoms with Crippen LogP contribution in [0.4, 0.5) is 13.2 Å². The van der Waals surface area contributed by atoms with Crippen molar-refractivity contribution in [1.29, 1.82) is 0 Å². The van der Waals surface area contributed by atoms with E-state index < -0.39 is 23.7 Å². The first-order valence-electron chi connectivity index (χ1n) is 7.55. The smallest absolute Gasteiger partial charge is 0.349 e. The van der Waals surface area contributed by atoms with Gasteiger partial charge in [0.2, 0.25) is 5.91 Å². The number of carbonyl (C=O) groups is 1. The number of nitrogens with one attached hydrogen (secondary N) is 1. The summed E-state index contributed by atoms with van der Waals surface area (Å²) in [4.78, 5) is 12.4. The fraction of sp³-hybridized carbons (Fsp3) is 0.278. The van der Waals surface area contributed by atoms with Crippen molar-refractivity contribution in [1.82, 2.24) is 5.32 Å². The Bertz CT molecular complexity index is 692. The van der Waals surface area contributed by atoms with Crippen molar-refractivity contribution < 1.29 is 18.0 Å². The third kappa shape index (κ3) is 5.47. The molecule has 136 valence electrons. The summed E-state index contributed by atoms with van der Waals surface area (Å²) in [6.07, 6.45) is -4.41. The van der Waals surface area contributed by atoms with E-state index in [1.54, 1.807) is 25.1 Å². The molecule has 0 saturated heterocycles. The Morgan fingerprint density at radius 2 is 1.68 bits per heavy atom. The largest absolute Gasteiger partial charge is 0.416 e. The molecule has 2 rings (SSSR count). The fourth-order valence-electron chi connectivity index (χ4n) is 2.46. The summed E-state index contributed by atoms with van der Waals surface area (Å²) < 4.78 is 38.4. The Kier molecular flexibility index (Phi) is 7.45. The molecule has 2 aromatic carbocycles. The van der Waals surface area contributed by atoms with Crippen LogP contribution in [0.1, 0.15) is 35.6 Å². The standard InChI is InChI=1S/C18H19F3N2O.ClH/c1-12(14-8-5-9-15(10-14)18(19,20)21)23-17(24)16(11-22)13-6-3-2-4-7-13;/h2-10,12,16H,11,22H2,1H3,(H,23,24);1H. The molecule has 3 nitrogen and oxygen atoms in total. The van der Waals surface area contributed by atoms with Crippen molar-refractivity contribution >= 4 is 18.3 Å². The van der Waals surface area contributed by atoms with Crippen molar-refractivity contribution in [3.8, 4) is 0 Å². The first-order chi connectivity index (χ1) is 11.3. The number of alkyl halides is 3. The van der Waals surface area contributed by atoms with Crippen LogP contribution < -0.4 is 11.1 Å². The van der Waals surface area contributed by atoms with E-state index in [1.165, 1.54) is 6.07 Å². The number of hydrogen-bond acceptors (Lipinski definition) is 2. The number of carbonyl (C=O) groups excluding carboxylic acids is 1. The van der Waals surface area contributed by atoms with Gasteiger partial charge in [-0.1, -0.05) is 42.5 Å². The maximum absolute atomic E-state index is 12.8. The van der Waals surface area contributed by atoms with E-state index in [0.29, 0.717) is 5.56 Å². The summed E-state index contributed by atoms with van der Waals surface area (Å²) in [5, 5.41) is 2.74. The summed E-state index contributed by atoms with van der Waals surface area (Å²) in [6.45, 7) is 1.76. The molecule has 3 N–H and O–H groups in total. The van der Waals surface area contributed by atoms with Gasteiger partial charge in [0.15, 0.2) is 0 Å². The van der Waals surface area contributed by atoms with Gasteiger partial charge >= 0.3 is 6.18 Å². The molecule has 2 atom stereocenters. The minimum Gasteiger partial charge on any atom is -0.349 e. The molecule has 0 bridgehead atoms. The van der Waals surface area contributed by atoms with Crippen molar-refractivity contribution in [2.75, 3.05) is 6.54 Å². The molecule has 1 amide bonds. The van der Waals surface area contributed by atoms with Crippen LogP contribution in [0.15, 0.2) is 54.6 Å². The Morgan fingerprint density at radius 3 is 2.24 bits per heavy atom. The molecule has 0 radical (unpaired) electrons. The van der Waals surface area contributed by atoms with Gasteiger partial charge in [-0.25, -0.2) is 0 Å². The van der Waals surface area contributed by atoms with Gasteiger partial charge < -0.3 is 11.1 Å². The van der Waals surface area contributed by atoms with E-state index in [1.807, 2.05) is 18.2 Å². The van der Waals surface area contributed by atoms with Gasteiger partial charge in [0, 0.05) is 6.54 Å². The second-order valence-corrected chi connectivity index (χ2v) is 5.55. The lowest BCUT2D eigenvalue weighted by molar-refractivity contribution is -0.137. The molecule has 0 aliphatic carbocycles. The number of nitrogens with two attached hydrogens (primary N) is 1. The molecule has 25 heavy (non-hydrogen) atoms. The van der Waals surface area contributed by atoms with Crippen molar-refractivity contribution in [2.45, 2.75) is 25.1 Å². The normalized spacial score (nSPS) is 13.5. The first-order valence-corrected chi connectivity index (χ1v) is 7.55. The minimum absolute atomic E-state index is 0. The van der Waals surface area contributed by atoms with Crippen LogP contribution in [0.2, 0.25) is 0 Å². The highest BCUT2D eigenvalue weighted by molar-refractivity contribution is 5.85. The summed E-state index contributed by atoms with van der Waals surface area (Å²) in [5.41, 5.74) is 6.12. The lowest BCUT2D eigenvalue weighted by Gasteiger charge is -2.20. The van der Waals surface area contributed by atoms with Crippen LogP contribution >= 0.6 is 12.4 Å². The quantitative estimate of drug-likeness (QED) is 0.832. The van der Waals surface area contributed by atoms with Gasteiger partial charge in [-0.3, -0.25) is 4.79 Å². The minimum atomic E-state index is -4.41. The Hall–Kier alpha value is -2.05. The highest BCUT2D eigenvalue weighted by atomic mass is 35.5. The van der Waals surface area contributed by atoms with Crippen molar-refractivity contribution in [2.24, 2.45) is 5.73 Å². The maximum Gasteiger partial charge on any atom is 0.416 e. The lowest BCUT2D eigenvalue weighted by Crippen LogP contribution is -2.35. The van der Waals surface area contributed by atoms with E-state index in [0.717, 1.165) is 17.7 Å². The van der Waals surface area contributed by atoms with Crippen LogP contribution in [-0.4, -0.2) is 12.5 Å². The lowest BCUT2D eigenvalue weighted by atomic mass is 9.97. The molecule has 0 aliphatic heterocycles. The third-order valence-corrected chi connectivity index (χ3v) is 3.83. The van der Waals surface area contributed by atoms with Crippen LogP contribution in [0.25, 0.3) is 0 Å². The number of amides is 1. The molecule has 0 aliphatic rings. The van der Waals surface area contributed by atoms with Crippen LogP contribution in [-0.2, 0) is 11.0 Å². The molecular formula is C18H20ClF3N2O. The molecule has 0 fully saturated rings. The van der Waals surface area contributed by atoms with Gasteiger partial charge in [0.05, 0.1) is 17.5 Å². The fourth-order valence-corrected chi connectivity index (χ4v) is 2.46. The summed E-state index contributed by atoms with van der Waals surface area (Å²) in [6, 6.07) is 13.4. The van der Waals surface area contributed by atoms with Gasteiger partial charge in [-0.05, 0) is 30.2 Å². The second kappa shape index (κ2) is 8.87. The third-order valence-electron chi connectivity index (χ3n) is 3.83. The molecule has 7 heteroatoms. The maximum atomic E-state index is 12.8. The molecule has 0 aromatic heterocycles. The number of benzene rings is 2. The van der Waals surface area contributed by atoms with Crippen LogP contribution in [0.5, 0.6) is 0 Å². The number of hydrogen-bond donors (Lipinski definition) is 2. The highest BCUT2D eigenvalue weighted by Crippen LogP contribution is 2.30. The predicted molar refractivity (Wildman–Crippen MR) is 93.5 cm³/mol. The van der Waals surface area contributed by atoms with Gasteiger partial charge in [0.25, 0.3) is 0 Å². The van der Waals surface area contributed by atoms with E-state index in [2.05, 4.69) is 5.32 Å². The summed E-state index contributed by atoms with van der Waals surface area (Å²) in [5.74, 6) is -0.854. The monoisotopic (exact) mass is 372 g/mol. The topological polar surface area (TPSA) is 55.1 Å². The molecule has 2 unspecified atom stereocenters. The Morgan fingerprint density at radius 1 is 1.08 bits per heavy atom. The number of halogens is 4. The second-order valence-electron chi connectivity index (χ2n) is 5.55. The van der Waals surface area contributed by atoms with Gasteiger partial charge in [-0.2, -0.15) is 13.2 Å². The van der Waals surface area contributed by atoms with E-state index in [4.69, 9.17) is 5.73 Å². The van der Waals surface area contributed by atoms with E-state index >= 15 is 0 Å². The SMILES string of the molecule is CC(NC(=O)C(CN)c1ccccc1)c1cccc(C(F)(F)F)c1.Cl. The molecule has 2 aromatic rings. The van der Waals surface area contributed by atoms with E-state index in [-0.39, 0.29) is 24.9 Å². The summed E-state index contributed by atoms with van der Waals surface area (Å²) in [7, 11) is 0. The molecule has 0 spiro atoms. The van der Waals surface area contributed by atoms with Crippen LogP contribution in [0, 0.1) is 0 Å². The molecule has 0 saturated carbocycles. The predicted octanol–water partition coefficient (Wildman–Crippen LogP) is 4.05. The van der Waals surface area contributed by atoms with Crippen molar-refractivity contribution in [3.05, 3.63) is 71.3 Å². The average Bonchev–Trinajstić information content (AvgIpc) is 2.56. The Balaban J connectivity index is 0.00000312. The molecule has 0 heterocycles. The van der Waals surface area contributed by atoms with Gasteiger partial charge in [-0.15, -0.1) is 12.4 Å². The average molecular weight is 373 g/mol. The number of rotatable bonds is 5. The zero-order valence-corrected chi connectivity index (χ0v) is 14.4. The highest BCUT2D eigenvalue weighted by Gasteiger charge is 2.31. The molecular weight excluding hydrogens is 353 g/mol. The van der Waals surface area contributed by atoms with Gasteiger partial charge in [0.1, 0.15) is 0 Å². The zero-order valence-electron chi connectivity index (χ0n) is 13.6. The zero-order chi connectivity index (χ0) is 17.7. The van der Waals surface area contributed by atoms with Crippen molar-refractivity contribution in [3.63, 3.8) is 0 Å². The summed E-state index contributed by atoms with van der Waals surface area (Å²) >= 11 is 0. The Labute approximate surface area is 150 Å².